The van der Waals surface area contributed by atoms with E-state index in [9.17, 15) is 9.59 Å². The van der Waals surface area contributed by atoms with Crippen molar-refractivity contribution < 1.29 is 14.3 Å². The number of likely N-dealkylation sites (tertiary alicyclic amines) is 3. The van der Waals surface area contributed by atoms with Gasteiger partial charge in [-0.15, -0.1) is 0 Å². The molecule has 0 N–H and O–H groups in total. The lowest BCUT2D eigenvalue weighted by molar-refractivity contribution is -0.142. The van der Waals surface area contributed by atoms with Gasteiger partial charge in [0.05, 0.1) is 36.1 Å². The average Bonchev–Trinajstić information content (AvgIpc) is 3.69. The lowest BCUT2D eigenvalue weighted by Gasteiger charge is -2.43. The van der Waals surface area contributed by atoms with Crippen molar-refractivity contribution in [3.05, 3.63) is 78.4 Å². The molecular weight excluding hydrogens is 512 g/mol. The van der Waals surface area contributed by atoms with Gasteiger partial charge >= 0.3 is 0 Å². The van der Waals surface area contributed by atoms with Gasteiger partial charge in [-0.2, -0.15) is 0 Å². The molecule has 2 amide bonds. The topological polar surface area (TPSA) is 66.0 Å². The number of morpholine rings is 1. The van der Waals surface area contributed by atoms with Crippen molar-refractivity contribution in [1.82, 2.24) is 19.7 Å². The van der Waals surface area contributed by atoms with Crippen LogP contribution in [0.5, 0.6) is 0 Å². The molecule has 7 nitrogen and oxygen atoms in total. The molecule has 4 fully saturated rings. The van der Waals surface area contributed by atoms with Gasteiger partial charge in [-0.3, -0.25) is 14.5 Å². The number of hydrogen-bond donors (Lipinski definition) is 0. The molecule has 0 aliphatic carbocycles. The van der Waals surface area contributed by atoms with Crippen LogP contribution in [0.1, 0.15) is 42.5 Å². The Morgan fingerprint density at radius 3 is 2.02 bits per heavy atom. The number of hydrogen-bond acceptors (Lipinski definition) is 5. The van der Waals surface area contributed by atoms with E-state index in [0.717, 1.165) is 87.3 Å². The third-order valence-electron chi connectivity index (χ3n) is 9.47. The summed E-state index contributed by atoms with van der Waals surface area (Å²) >= 11 is 0. The molecule has 212 valence electrons. The molecule has 41 heavy (non-hydrogen) atoms. The summed E-state index contributed by atoms with van der Waals surface area (Å²) < 4.78 is 5.72. The first-order chi connectivity index (χ1) is 20.1. The van der Waals surface area contributed by atoms with Crippen molar-refractivity contribution in [1.29, 1.82) is 0 Å². The van der Waals surface area contributed by atoms with Gasteiger partial charge in [-0.25, -0.2) is 4.98 Å². The van der Waals surface area contributed by atoms with Crippen LogP contribution in [0.25, 0.3) is 22.5 Å². The molecule has 2 aromatic carbocycles. The summed E-state index contributed by atoms with van der Waals surface area (Å²) in [7, 11) is 0. The zero-order valence-corrected chi connectivity index (χ0v) is 23.5. The predicted octanol–water partition coefficient (Wildman–Crippen LogP) is 4.73. The quantitative estimate of drug-likeness (QED) is 0.460. The van der Waals surface area contributed by atoms with E-state index in [0.29, 0.717) is 24.1 Å². The predicted molar refractivity (Wildman–Crippen MR) is 158 cm³/mol. The molecule has 4 aliphatic heterocycles. The fourth-order valence-electron chi connectivity index (χ4n) is 7.23. The minimum atomic E-state index is 0.0678. The number of piperidine rings is 2. The van der Waals surface area contributed by atoms with Crippen molar-refractivity contribution >= 4 is 11.8 Å². The largest absolute Gasteiger partial charge is 0.374 e. The molecule has 7 rings (SSSR count). The molecule has 0 radical (unpaired) electrons. The summed E-state index contributed by atoms with van der Waals surface area (Å²) in [6.07, 6.45) is 5.19. The van der Waals surface area contributed by atoms with Crippen LogP contribution in [0.2, 0.25) is 0 Å². The maximum absolute atomic E-state index is 13.8. The van der Waals surface area contributed by atoms with Crippen LogP contribution >= 0.6 is 0 Å². The van der Waals surface area contributed by atoms with Crippen LogP contribution in [0.15, 0.2) is 72.8 Å². The molecule has 4 aliphatic rings. The number of fused-ring (bicyclic) bond motifs is 2. The van der Waals surface area contributed by atoms with Gasteiger partial charge in [0.25, 0.3) is 5.91 Å². The monoisotopic (exact) mass is 550 g/mol. The highest BCUT2D eigenvalue weighted by atomic mass is 16.5. The lowest BCUT2D eigenvalue weighted by atomic mass is 9.92. The Labute approximate surface area is 242 Å². The Morgan fingerprint density at radius 1 is 0.780 bits per heavy atom. The van der Waals surface area contributed by atoms with Crippen LogP contribution in [-0.2, 0) is 9.53 Å². The van der Waals surface area contributed by atoms with Crippen molar-refractivity contribution in [3.63, 3.8) is 0 Å². The zero-order valence-electron chi connectivity index (χ0n) is 23.5. The third kappa shape index (κ3) is 5.41. The minimum absolute atomic E-state index is 0.0678. The third-order valence-corrected chi connectivity index (χ3v) is 9.47. The van der Waals surface area contributed by atoms with Gasteiger partial charge in [0, 0.05) is 48.9 Å². The number of amides is 2. The Morgan fingerprint density at radius 2 is 1.44 bits per heavy atom. The molecule has 3 atom stereocenters. The van der Waals surface area contributed by atoms with Gasteiger partial charge in [0.1, 0.15) is 0 Å². The molecule has 0 saturated carbocycles. The van der Waals surface area contributed by atoms with Crippen molar-refractivity contribution in [3.8, 4) is 22.5 Å². The molecule has 5 heterocycles. The summed E-state index contributed by atoms with van der Waals surface area (Å²) in [5.74, 6) is 0.491. The van der Waals surface area contributed by atoms with Crippen LogP contribution in [0, 0.1) is 5.92 Å². The summed E-state index contributed by atoms with van der Waals surface area (Å²) in [4.78, 5) is 38.7. The summed E-state index contributed by atoms with van der Waals surface area (Å²) in [5.41, 5.74) is 4.31. The molecular formula is C34H38N4O3. The Balaban J connectivity index is 1.03. The number of rotatable bonds is 5. The van der Waals surface area contributed by atoms with E-state index in [-0.39, 0.29) is 24.0 Å². The normalized spacial score (nSPS) is 25.0. The highest BCUT2D eigenvalue weighted by Crippen LogP contribution is 2.32. The number of benzene rings is 2. The Bertz CT molecular complexity index is 1330. The maximum atomic E-state index is 13.8. The highest BCUT2D eigenvalue weighted by molar-refractivity contribution is 5.96. The number of nitrogens with zero attached hydrogens (tertiary/aromatic N) is 4. The van der Waals surface area contributed by atoms with E-state index in [1.165, 1.54) is 0 Å². The highest BCUT2D eigenvalue weighted by Gasteiger charge is 2.44. The Kier molecular flexibility index (Phi) is 7.31. The fraction of sp³-hybridized carbons (Fsp3) is 0.441. The summed E-state index contributed by atoms with van der Waals surface area (Å²) in [6.45, 7) is 4.83. The summed E-state index contributed by atoms with van der Waals surface area (Å²) in [5, 5.41) is 0. The van der Waals surface area contributed by atoms with Gasteiger partial charge in [-0.1, -0.05) is 60.7 Å². The molecule has 4 saturated heterocycles. The number of carbonyl (C=O) groups is 2. The van der Waals surface area contributed by atoms with E-state index >= 15 is 0 Å². The van der Waals surface area contributed by atoms with Crippen LogP contribution in [0.4, 0.5) is 0 Å². The second kappa shape index (κ2) is 11.4. The van der Waals surface area contributed by atoms with E-state index in [4.69, 9.17) is 9.72 Å². The number of ether oxygens (including phenoxy) is 1. The molecule has 1 aromatic heterocycles. The van der Waals surface area contributed by atoms with Crippen molar-refractivity contribution in [2.75, 3.05) is 39.3 Å². The fourth-order valence-corrected chi connectivity index (χ4v) is 7.23. The average molecular weight is 551 g/mol. The van der Waals surface area contributed by atoms with Crippen LogP contribution < -0.4 is 0 Å². The van der Waals surface area contributed by atoms with Crippen molar-refractivity contribution in [2.24, 2.45) is 5.92 Å². The standard InChI is InChI=1S/C34H38N4O3/c39-33(27-18-31(24-8-3-1-4-9-24)35-32(19-27)25-10-5-2-6-11-25)36-16-13-28(14-17-36)37-15-7-12-26(21-37)34(40)38-22-30-20-29(38)23-41-30/h1-6,8-11,18-19,26,28-30H,7,12-17,20-23H2. The zero-order chi connectivity index (χ0) is 27.8. The lowest BCUT2D eigenvalue weighted by Crippen LogP contribution is -2.53. The number of carbonyl (C=O) groups excluding carboxylic acids is 2. The maximum Gasteiger partial charge on any atom is 0.254 e. The number of pyridine rings is 1. The Hall–Kier alpha value is -3.55. The first-order valence-electron chi connectivity index (χ1n) is 15.2. The summed E-state index contributed by atoms with van der Waals surface area (Å²) in [6, 6.07) is 24.7. The van der Waals surface area contributed by atoms with Crippen LogP contribution in [-0.4, -0.2) is 89.0 Å². The first-order valence-corrected chi connectivity index (χ1v) is 15.2. The van der Waals surface area contributed by atoms with E-state index in [1.54, 1.807) is 0 Å². The second-order valence-electron chi connectivity index (χ2n) is 12.1. The molecule has 0 spiro atoms. The van der Waals surface area contributed by atoms with Gasteiger partial charge < -0.3 is 14.5 Å². The van der Waals surface area contributed by atoms with E-state index in [2.05, 4.69) is 9.80 Å². The van der Waals surface area contributed by atoms with E-state index < -0.39 is 0 Å². The molecule has 3 unspecified atom stereocenters. The van der Waals surface area contributed by atoms with Gasteiger partial charge in [0.15, 0.2) is 0 Å². The molecule has 3 aromatic rings. The van der Waals surface area contributed by atoms with Gasteiger partial charge in [0.2, 0.25) is 5.91 Å². The first kappa shape index (κ1) is 26.4. The van der Waals surface area contributed by atoms with Gasteiger partial charge in [-0.05, 0) is 50.8 Å². The smallest absolute Gasteiger partial charge is 0.254 e. The number of aromatic nitrogens is 1. The molecule has 2 bridgehead atoms. The van der Waals surface area contributed by atoms with E-state index in [1.807, 2.05) is 77.7 Å². The van der Waals surface area contributed by atoms with Crippen molar-refractivity contribution in [2.45, 2.75) is 50.3 Å². The second-order valence-corrected chi connectivity index (χ2v) is 12.1. The molecule has 7 heteroatoms. The van der Waals surface area contributed by atoms with Crippen LogP contribution in [0.3, 0.4) is 0 Å². The SMILES string of the molecule is O=C(c1cc(-c2ccccc2)nc(-c2ccccc2)c1)N1CCC(N2CCCC(C(=O)N3CC4CC3CO4)C2)CC1. The minimum Gasteiger partial charge on any atom is -0.374 e.